The molecule has 1 aromatic carbocycles. The molecule has 0 atom stereocenters. The van der Waals surface area contributed by atoms with Gasteiger partial charge < -0.3 is 0 Å². The molecule has 1 aliphatic rings. The first kappa shape index (κ1) is 8.52. The molecule has 1 aromatic heterocycles. The molecule has 0 N–H and O–H groups in total. The summed E-state index contributed by atoms with van der Waals surface area (Å²) < 4.78 is 6.53. The van der Waals surface area contributed by atoms with Crippen LogP contribution < -0.4 is 0 Å². The number of aromatic nitrogens is 2. The summed E-state index contributed by atoms with van der Waals surface area (Å²) >= 11 is 11.4. The van der Waals surface area contributed by atoms with Crippen molar-refractivity contribution in [3.05, 3.63) is 24.0 Å². The molecule has 1 aliphatic heterocycles. The Bertz CT molecular complexity index is 610. The number of hydrogen-bond donors (Lipinski definition) is 1. The molecule has 0 aliphatic carbocycles. The highest BCUT2D eigenvalue weighted by atomic mass is 35.5. The summed E-state index contributed by atoms with van der Waals surface area (Å²) in [6, 6.07) is 5.73. The van der Waals surface area contributed by atoms with E-state index in [1.165, 1.54) is 11.1 Å². The van der Waals surface area contributed by atoms with Crippen LogP contribution >= 0.6 is 24.2 Å². The van der Waals surface area contributed by atoms with Crippen LogP contribution in [0.4, 0.5) is 0 Å². The Hall–Kier alpha value is -0.780. The van der Waals surface area contributed by atoms with Crippen LogP contribution in [0, 0.1) is 0 Å². The predicted octanol–water partition coefficient (Wildman–Crippen LogP) is 2.08. The SMILES string of the molecule is Sc1ccc2nc3n(c2c1)N=S=C3Cl. The van der Waals surface area contributed by atoms with Crippen molar-refractivity contribution in [1.29, 1.82) is 0 Å². The van der Waals surface area contributed by atoms with Crippen LogP contribution in [-0.2, 0) is 11.1 Å². The van der Waals surface area contributed by atoms with E-state index in [2.05, 4.69) is 22.1 Å². The lowest BCUT2D eigenvalue weighted by molar-refractivity contribution is 0.926. The van der Waals surface area contributed by atoms with Gasteiger partial charge in [-0.25, -0.2) is 9.66 Å². The number of hydrogen-bond acceptors (Lipinski definition) is 3. The normalized spacial score (nSPS) is 14.0. The fourth-order valence-electron chi connectivity index (χ4n) is 1.38. The van der Waals surface area contributed by atoms with Crippen molar-refractivity contribution in [3.63, 3.8) is 0 Å². The number of nitrogens with zero attached hydrogens (tertiary/aromatic N) is 3. The lowest BCUT2D eigenvalue weighted by atomic mass is 10.3. The molecule has 3 rings (SSSR count). The zero-order chi connectivity index (χ0) is 9.71. The number of thiol groups is 1. The van der Waals surface area contributed by atoms with Crippen molar-refractivity contribution in [1.82, 2.24) is 9.66 Å². The molecular formula is C8H4ClN3S2. The maximum Gasteiger partial charge on any atom is 0.186 e. The summed E-state index contributed by atoms with van der Waals surface area (Å²) in [5.74, 6) is 0.714. The first-order valence-electron chi connectivity index (χ1n) is 3.88. The average molecular weight is 242 g/mol. The van der Waals surface area contributed by atoms with Crippen LogP contribution in [0.3, 0.4) is 0 Å². The highest BCUT2D eigenvalue weighted by molar-refractivity contribution is 7.80. The molecule has 0 amide bonds. The third kappa shape index (κ3) is 1.06. The molecule has 0 unspecified atom stereocenters. The Morgan fingerprint density at radius 1 is 1.43 bits per heavy atom. The van der Waals surface area contributed by atoms with Crippen molar-refractivity contribution < 1.29 is 0 Å². The summed E-state index contributed by atoms with van der Waals surface area (Å²) in [6.45, 7) is 0. The first-order valence-corrected chi connectivity index (χ1v) is 5.48. The second-order valence-electron chi connectivity index (χ2n) is 2.87. The Morgan fingerprint density at radius 2 is 2.29 bits per heavy atom. The third-order valence-electron chi connectivity index (χ3n) is 1.99. The standard InChI is InChI=1S/C8H4ClN3S2/c9-7-8-10-5-2-1-4(13)3-6(5)12(8)11-14-7/h1-3,13H. The van der Waals surface area contributed by atoms with E-state index in [-0.39, 0.29) is 0 Å². The van der Waals surface area contributed by atoms with Crippen molar-refractivity contribution in [3.8, 4) is 0 Å². The van der Waals surface area contributed by atoms with Gasteiger partial charge in [0.15, 0.2) is 10.1 Å². The average Bonchev–Trinajstić information content (AvgIpc) is 2.67. The second-order valence-corrected chi connectivity index (χ2v) is 4.74. The highest BCUT2D eigenvalue weighted by Crippen LogP contribution is 2.22. The number of rotatable bonds is 0. The maximum absolute atomic E-state index is 5.94. The Labute approximate surface area is 93.8 Å². The Balaban J connectivity index is 2.44. The maximum atomic E-state index is 5.94. The molecule has 14 heavy (non-hydrogen) atoms. The third-order valence-corrected chi connectivity index (χ3v) is 3.23. The van der Waals surface area contributed by atoms with Crippen molar-refractivity contribution >= 4 is 50.7 Å². The lowest BCUT2D eigenvalue weighted by Crippen LogP contribution is -1.94. The topological polar surface area (TPSA) is 30.2 Å². The first-order chi connectivity index (χ1) is 6.75. The van der Waals surface area contributed by atoms with Gasteiger partial charge in [-0.2, -0.15) is 0 Å². The summed E-state index contributed by atoms with van der Waals surface area (Å²) in [5, 5.41) is 0. The fraction of sp³-hybridized carbons (Fsp3) is 0. The summed E-state index contributed by atoms with van der Waals surface area (Å²) in [4.78, 5) is 5.25. The molecule has 0 saturated carbocycles. The van der Waals surface area contributed by atoms with Crippen LogP contribution in [0.15, 0.2) is 27.6 Å². The smallest absolute Gasteiger partial charge is 0.186 e. The minimum atomic E-state index is 0.613. The van der Waals surface area contributed by atoms with E-state index >= 15 is 0 Å². The van der Waals surface area contributed by atoms with Crippen LogP contribution in [-0.4, -0.2) is 14.0 Å². The second kappa shape index (κ2) is 2.85. The van der Waals surface area contributed by atoms with E-state index < -0.39 is 0 Å². The van der Waals surface area contributed by atoms with E-state index in [0.717, 1.165) is 15.9 Å². The molecule has 2 aromatic rings. The summed E-state index contributed by atoms with van der Waals surface area (Å²) in [6.07, 6.45) is 0. The fourth-order valence-corrected chi connectivity index (χ4v) is 2.32. The quantitative estimate of drug-likeness (QED) is 0.427. The van der Waals surface area contributed by atoms with Crippen molar-refractivity contribution in [2.45, 2.75) is 4.90 Å². The van der Waals surface area contributed by atoms with Crippen molar-refractivity contribution in [2.24, 2.45) is 4.47 Å². The molecule has 2 heterocycles. The van der Waals surface area contributed by atoms with Gasteiger partial charge in [0.1, 0.15) is 0 Å². The molecular weight excluding hydrogens is 238 g/mol. The molecule has 0 radical (unpaired) electrons. The lowest BCUT2D eigenvalue weighted by Gasteiger charge is -1.93. The van der Waals surface area contributed by atoms with E-state index in [1.54, 1.807) is 4.68 Å². The van der Waals surface area contributed by atoms with E-state index in [4.69, 9.17) is 11.6 Å². The molecule has 0 bridgehead atoms. The van der Waals surface area contributed by atoms with Gasteiger partial charge in [0.05, 0.1) is 11.0 Å². The number of fused-ring (bicyclic) bond motifs is 3. The minimum absolute atomic E-state index is 0.613. The minimum Gasteiger partial charge on any atom is -0.225 e. The van der Waals surface area contributed by atoms with E-state index in [0.29, 0.717) is 10.1 Å². The van der Waals surface area contributed by atoms with Gasteiger partial charge in [-0.3, -0.25) is 0 Å². The van der Waals surface area contributed by atoms with Gasteiger partial charge >= 0.3 is 0 Å². The molecule has 0 saturated heterocycles. The van der Waals surface area contributed by atoms with Gasteiger partial charge in [-0.15, -0.1) is 17.1 Å². The van der Waals surface area contributed by atoms with Crippen LogP contribution in [0.25, 0.3) is 11.0 Å². The highest BCUT2D eigenvalue weighted by Gasteiger charge is 2.16. The largest absolute Gasteiger partial charge is 0.225 e. The summed E-state index contributed by atoms with van der Waals surface area (Å²) in [5.41, 5.74) is 1.83. The van der Waals surface area contributed by atoms with Gasteiger partial charge in [0, 0.05) is 16.0 Å². The zero-order valence-electron chi connectivity index (χ0n) is 6.81. The van der Waals surface area contributed by atoms with Gasteiger partial charge in [0.25, 0.3) is 0 Å². The molecule has 70 valence electrons. The molecule has 3 nitrogen and oxygen atoms in total. The molecule has 0 fully saturated rings. The molecule has 0 spiro atoms. The van der Waals surface area contributed by atoms with Gasteiger partial charge in [-0.1, -0.05) is 11.6 Å². The Kier molecular flexibility index (Phi) is 1.74. The monoisotopic (exact) mass is 241 g/mol. The predicted molar refractivity (Wildman–Crippen MR) is 62.1 cm³/mol. The number of halogens is 1. The van der Waals surface area contributed by atoms with Crippen LogP contribution in [0.2, 0.25) is 0 Å². The Morgan fingerprint density at radius 3 is 3.14 bits per heavy atom. The van der Waals surface area contributed by atoms with Gasteiger partial charge in [0.2, 0.25) is 0 Å². The zero-order valence-corrected chi connectivity index (χ0v) is 9.27. The molecule has 6 heteroatoms. The number of imidazole rings is 1. The van der Waals surface area contributed by atoms with Crippen molar-refractivity contribution in [2.75, 3.05) is 0 Å². The van der Waals surface area contributed by atoms with E-state index in [9.17, 15) is 0 Å². The van der Waals surface area contributed by atoms with Crippen LogP contribution in [0.1, 0.15) is 5.82 Å². The summed E-state index contributed by atoms with van der Waals surface area (Å²) in [7, 11) is 0. The van der Waals surface area contributed by atoms with Crippen LogP contribution in [0.5, 0.6) is 0 Å². The van der Waals surface area contributed by atoms with E-state index in [1.807, 2.05) is 18.2 Å². The number of benzene rings is 1. The van der Waals surface area contributed by atoms with Gasteiger partial charge in [-0.05, 0) is 18.2 Å².